The Balaban J connectivity index is 0. The van der Waals surface area contributed by atoms with Crippen LogP contribution >= 0.6 is 37.2 Å². The number of halogens is 3. The first-order valence-corrected chi connectivity index (χ1v) is 6.86. The molecule has 0 fully saturated rings. The maximum absolute atomic E-state index is 8.78. The summed E-state index contributed by atoms with van der Waals surface area (Å²) in [4.78, 5) is 10.6. The van der Waals surface area contributed by atoms with Crippen molar-refractivity contribution in [2.75, 3.05) is 40.0 Å². The number of hydrogen-bond donors (Lipinski definition) is 1. The summed E-state index contributed by atoms with van der Waals surface area (Å²) in [5, 5.41) is 8.78. The van der Waals surface area contributed by atoms with Crippen molar-refractivity contribution >= 4 is 48.3 Å². The molecule has 0 spiro atoms. The highest BCUT2D eigenvalue weighted by Crippen LogP contribution is 2.11. The average molecular weight is 385 g/mol. The van der Waals surface area contributed by atoms with Crippen LogP contribution in [0.15, 0.2) is 30.6 Å². The number of hydrogen-bond acceptors (Lipinski definition) is 5. The number of nitrogens with zero attached hydrogens (tertiary/aromatic N) is 3. The van der Waals surface area contributed by atoms with Gasteiger partial charge in [-0.25, -0.2) is 0 Å². The Kier molecular flexibility index (Phi) is 14.7. The van der Waals surface area contributed by atoms with Gasteiger partial charge < -0.3 is 14.7 Å². The third-order valence-corrected chi connectivity index (χ3v) is 3.17. The topological polar surface area (TPSA) is 58.5 Å². The molecule has 2 aromatic rings. The van der Waals surface area contributed by atoms with Crippen LogP contribution in [0.1, 0.15) is 5.56 Å². The van der Waals surface area contributed by atoms with E-state index in [1.54, 1.807) is 12.4 Å². The van der Waals surface area contributed by atoms with E-state index in [2.05, 4.69) is 22.1 Å². The summed E-state index contributed by atoms with van der Waals surface area (Å²) in [5.41, 5.74) is 3.05. The predicted octanol–water partition coefficient (Wildman–Crippen LogP) is 2.38. The largest absolute Gasteiger partial charge is 0.395 e. The molecule has 0 unspecified atom stereocenters. The van der Waals surface area contributed by atoms with E-state index in [1.165, 1.54) is 5.56 Å². The molecule has 1 aromatic carbocycles. The number of likely N-dealkylation sites (N-methyl/N-ethyl adjacent to an activating group) is 1. The molecule has 0 radical (unpaired) electrons. The molecule has 0 amide bonds. The number of aliphatic hydroxyl groups excluding tert-OH is 1. The van der Waals surface area contributed by atoms with Crippen LogP contribution in [0.4, 0.5) is 0 Å². The van der Waals surface area contributed by atoms with Gasteiger partial charge in [-0.3, -0.25) is 9.97 Å². The maximum atomic E-state index is 8.78. The minimum Gasteiger partial charge on any atom is -0.395 e. The molecule has 0 aliphatic carbocycles. The second kappa shape index (κ2) is 13.7. The summed E-state index contributed by atoms with van der Waals surface area (Å²) in [5.74, 6) is 0. The molecule has 8 heteroatoms. The third kappa shape index (κ3) is 8.65. The fourth-order valence-corrected chi connectivity index (χ4v) is 1.96. The van der Waals surface area contributed by atoms with Gasteiger partial charge in [0, 0.05) is 25.5 Å². The van der Waals surface area contributed by atoms with Crippen molar-refractivity contribution in [1.82, 2.24) is 14.9 Å². The van der Waals surface area contributed by atoms with Crippen molar-refractivity contribution in [3.63, 3.8) is 0 Å². The summed E-state index contributed by atoms with van der Waals surface area (Å²) >= 11 is 0. The molecule has 0 saturated heterocycles. The summed E-state index contributed by atoms with van der Waals surface area (Å²) in [6, 6.07) is 6.12. The van der Waals surface area contributed by atoms with Crippen molar-refractivity contribution in [3.8, 4) is 0 Å². The zero-order valence-electron chi connectivity index (χ0n) is 13.1. The van der Waals surface area contributed by atoms with E-state index < -0.39 is 0 Å². The van der Waals surface area contributed by atoms with Crippen LogP contribution in [0.3, 0.4) is 0 Å². The second-order valence-electron chi connectivity index (χ2n) is 4.77. The Morgan fingerprint density at radius 3 is 2.39 bits per heavy atom. The van der Waals surface area contributed by atoms with Crippen molar-refractivity contribution in [2.45, 2.75) is 6.42 Å². The lowest BCUT2D eigenvalue weighted by atomic mass is 10.1. The summed E-state index contributed by atoms with van der Waals surface area (Å²) in [6.07, 6.45) is 4.28. The van der Waals surface area contributed by atoms with Crippen molar-refractivity contribution in [1.29, 1.82) is 0 Å². The molecular weight excluding hydrogens is 361 g/mol. The van der Waals surface area contributed by atoms with Crippen LogP contribution in [0.5, 0.6) is 0 Å². The number of ether oxygens (including phenoxy) is 1. The number of rotatable bonds is 8. The van der Waals surface area contributed by atoms with E-state index in [1.807, 2.05) is 18.0 Å². The van der Waals surface area contributed by atoms with Crippen molar-refractivity contribution < 1.29 is 9.84 Å². The van der Waals surface area contributed by atoms with E-state index in [0.29, 0.717) is 19.8 Å². The van der Waals surface area contributed by atoms with Gasteiger partial charge in [0.25, 0.3) is 0 Å². The third-order valence-electron chi connectivity index (χ3n) is 3.17. The fraction of sp³-hybridized carbons (Fsp3) is 0.467. The standard InChI is InChI=1S/C15H21N3O2.3ClH/c1-18(7-9-19)8-11-20-10-4-13-2-3-14-15(12-13)17-6-5-16-14;;;/h2-3,5-6,12,19H,4,7-11H2,1H3;3*1H. The molecule has 1 heterocycles. The first-order chi connectivity index (χ1) is 9.79. The van der Waals surface area contributed by atoms with Gasteiger partial charge >= 0.3 is 0 Å². The monoisotopic (exact) mass is 383 g/mol. The Labute approximate surface area is 155 Å². The highest BCUT2D eigenvalue weighted by Gasteiger charge is 2.00. The molecule has 0 bridgehead atoms. The second-order valence-corrected chi connectivity index (χ2v) is 4.77. The van der Waals surface area contributed by atoms with E-state index in [-0.39, 0.29) is 43.8 Å². The Morgan fingerprint density at radius 1 is 1.00 bits per heavy atom. The maximum Gasteiger partial charge on any atom is 0.0889 e. The lowest BCUT2D eigenvalue weighted by Gasteiger charge is -2.14. The van der Waals surface area contributed by atoms with E-state index in [9.17, 15) is 0 Å². The predicted molar refractivity (Wildman–Crippen MR) is 100 cm³/mol. The van der Waals surface area contributed by atoms with Crippen LogP contribution in [0.2, 0.25) is 0 Å². The molecular formula is C15H24Cl3N3O2. The van der Waals surface area contributed by atoms with Gasteiger partial charge in [-0.1, -0.05) is 6.07 Å². The number of aromatic nitrogens is 2. The van der Waals surface area contributed by atoms with Crippen molar-refractivity contribution in [3.05, 3.63) is 36.2 Å². The smallest absolute Gasteiger partial charge is 0.0889 e. The van der Waals surface area contributed by atoms with E-state index in [0.717, 1.165) is 24.0 Å². The van der Waals surface area contributed by atoms with Gasteiger partial charge in [-0.15, -0.1) is 37.2 Å². The Hall–Kier alpha value is -0.690. The molecule has 0 aliphatic heterocycles. The molecule has 0 aliphatic rings. The number of benzene rings is 1. The SMILES string of the molecule is CN(CCO)CCOCCc1ccc2nccnc2c1.Cl.Cl.Cl. The molecule has 1 N–H and O–H groups in total. The number of fused-ring (bicyclic) bond motifs is 1. The molecule has 1 aromatic heterocycles. The fourth-order valence-electron chi connectivity index (χ4n) is 1.96. The molecule has 0 atom stereocenters. The summed E-state index contributed by atoms with van der Waals surface area (Å²) in [7, 11) is 1.97. The highest BCUT2D eigenvalue weighted by atomic mass is 35.5. The zero-order chi connectivity index (χ0) is 14.2. The normalized spacial score (nSPS) is 9.87. The number of aliphatic hydroxyl groups is 1. The van der Waals surface area contributed by atoms with E-state index >= 15 is 0 Å². The van der Waals surface area contributed by atoms with Crippen LogP contribution in [0.25, 0.3) is 11.0 Å². The molecule has 132 valence electrons. The van der Waals surface area contributed by atoms with Gasteiger partial charge in [0.1, 0.15) is 0 Å². The van der Waals surface area contributed by atoms with Gasteiger partial charge in [-0.05, 0) is 31.2 Å². The lowest BCUT2D eigenvalue weighted by molar-refractivity contribution is 0.107. The lowest BCUT2D eigenvalue weighted by Crippen LogP contribution is -2.26. The van der Waals surface area contributed by atoms with Gasteiger partial charge in [0.05, 0.1) is 30.9 Å². The Bertz CT molecular complexity index is 546. The van der Waals surface area contributed by atoms with Gasteiger partial charge in [0.2, 0.25) is 0 Å². The zero-order valence-corrected chi connectivity index (χ0v) is 15.5. The average Bonchev–Trinajstić information content (AvgIpc) is 2.47. The first kappa shape index (κ1) is 24.6. The van der Waals surface area contributed by atoms with Crippen LogP contribution in [-0.4, -0.2) is 59.9 Å². The summed E-state index contributed by atoms with van der Waals surface area (Å²) in [6.45, 7) is 3.09. The van der Waals surface area contributed by atoms with Crippen molar-refractivity contribution in [2.24, 2.45) is 0 Å². The van der Waals surface area contributed by atoms with Gasteiger partial charge in [0.15, 0.2) is 0 Å². The molecule has 2 rings (SSSR count). The van der Waals surface area contributed by atoms with Gasteiger partial charge in [-0.2, -0.15) is 0 Å². The molecule has 5 nitrogen and oxygen atoms in total. The molecule has 23 heavy (non-hydrogen) atoms. The minimum absolute atomic E-state index is 0. The quantitative estimate of drug-likeness (QED) is 0.708. The van der Waals surface area contributed by atoms with E-state index in [4.69, 9.17) is 9.84 Å². The Morgan fingerprint density at radius 2 is 1.70 bits per heavy atom. The summed E-state index contributed by atoms with van der Waals surface area (Å²) < 4.78 is 5.61. The minimum atomic E-state index is 0. The highest BCUT2D eigenvalue weighted by molar-refractivity contribution is 5.86. The first-order valence-electron chi connectivity index (χ1n) is 6.86. The molecule has 0 saturated carbocycles. The van der Waals surface area contributed by atoms with Crippen LogP contribution in [-0.2, 0) is 11.2 Å². The van der Waals surface area contributed by atoms with Crippen LogP contribution < -0.4 is 0 Å². The van der Waals surface area contributed by atoms with Crippen LogP contribution in [0, 0.1) is 0 Å².